The molecule has 0 aliphatic carbocycles. The Bertz CT molecular complexity index is 214. The van der Waals surface area contributed by atoms with Crippen LogP contribution >= 0.6 is 9.69 Å². The fourth-order valence-electron chi connectivity index (χ4n) is 0.789. The van der Waals surface area contributed by atoms with E-state index in [9.17, 15) is 0 Å². The minimum absolute atomic E-state index is 0.663. The van der Waals surface area contributed by atoms with E-state index in [2.05, 4.69) is 4.98 Å². The van der Waals surface area contributed by atoms with Gasteiger partial charge in [0.25, 0.3) is 0 Å². The van der Waals surface area contributed by atoms with E-state index >= 15 is 0 Å². The Labute approximate surface area is 77.6 Å². The van der Waals surface area contributed by atoms with Gasteiger partial charge in [-0.3, -0.25) is 0 Å². The minimum atomic E-state index is -0.777. The van der Waals surface area contributed by atoms with Crippen LogP contribution in [0.15, 0.2) is 18.3 Å². The third-order valence-electron chi connectivity index (χ3n) is 1.39. The fourth-order valence-corrected chi connectivity index (χ4v) is 3.00. The molecule has 1 rings (SSSR count). The monoisotopic (exact) mass is 221 g/mol. The third kappa shape index (κ3) is 2.76. The number of hydrogen-bond donors (Lipinski definition) is 0. The van der Waals surface area contributed by atoms with Gasteiger partial charge in [-0.05, 0) is 0 Å². The van der Waals surface area contributed by atoms with Crippen molar-refractivity contribution in [1.82, 2.24) is 4.98 Å². The summed E-state index contributed by atoms with van der Waals surface area (Å²) in [5.41, 5.74) is 1.22. The summed E-state index contributed by atoms with van der Waals surface area (Å²) in [7, 11) is 7.35. The number of aromatic nitrogens is 1. The van der Waals surface area contributed by atoms with E-state index in [1.807, 2.05) is 18.3 Å². The van der Waals surface area contributed by atoms with Crippen LogP contribution in [0, 0.1) is 0 Å². The molecule has 0 saturated heterocycles. The molecule has 4 heteroatoms. The molecule has 0 aliphatic rings. The molecule has 1 aromatic rings. The molecule has 0 spiro atoms. The van der Waals surface area contributed by atoms with Gasteiger partial charge in [0.2, 0.25) is 0 Å². The number of pyridine rings is 1. The molecule has 56 valence electrons. The molecule has 0 unspecified atom stereocenters. The molecular formula is C7H8ClNOZn. The first-order valence-corrected chi connectivity index (χ1v) is 9.41. The second-order valence-electron chi connectivity index (χ2n) is 2.15. The average molecular weight is 223 g/mol. The molecule has 0 radical (unpaired) electrons. The molecule has 1 heterocycles. The zero-order valence-electron chi connectivity index (χ0n) is 6.38. The van der Waals surface area contributed by atoms with Gasteiger partial charge in [-0.15, -0.1) is 0 Å². The summed E-state index contributed by atoms with van der Waals surface area (Å²) in [4.78, 5) is 4.06. The number of halogens is 1. The standard InChI is InChI=1S/C7H8NO.ClH.Zn/c1-6-3-4-7(9-2)8-5-6;;/h3-5H,1H2,2H3;1H;/q;;+1/p-1. The van der Waals surface area contributed by atoms with Crippen LogP contribution in [0.2, 0.25) is 0 Å². The molecular weight excluding hydrogens is 215 g/mol. The Hall–Kier alpha value is -0.137. The van der Waals surface area contributed by atoms with Crippen LogP contribution in [-0.2, 0) is 21.2 Å². The summed E-state index contributed by atoms with van der Waals surface area (Å²) in [6.07, 6.45) is 1.83. The van der Waals surface area contributed by atoms with E-state index < -0.39 is 16.1 Å². The van der Waals surface area contributed by atoms with Crippen LogP contribution in [0.25, 0.3) is 0 Å². The third-order valence-corrected chi connectivity index (χ3v) is 3.98. The predicted octanol–water partition coefficient (Wildman–Crippen LogP) is 1.83. The van der Waals surface area contributed by atoms with Crippen LogP contribution < -0.4 is 4.74 Å². The molecule has 0 atom stereocenters. The Morgan fingerprint density at radius 2 is 2.45 bits per heavy atom. The van der Waals surface area contributed by atoms with Crippen molar-refractivity contribution in [2.75, 3.05) is 7.11 Å². The van der Waals surface area contributed by atoms with E-state index in [-0.39, 0.29) is 0 Å². The van der Waals surface area contributed by atoms with Gasteiger partial charge in [-0.1, -0.05) is 0 Å². The topological polar surface area (TPSA) is 22.1 Å². The summed E-state index contributed by atoms with van der Waals surface area (Å²) in [5.74, 6) is 0.663. The first-order valence-electron chi connectivity index (χ1n) is 3.41. The second kappa shape index (κ2) is 4.68. The SMILES string of the molecule is COc1ccc([CH2][Zn][Cl])cn1. The van der Waals surface area contributed by atoms with Gasteiger partial charge < -0.3 is 0 Å². The quantitative estimate of drug-likeness (QED) is 0.729. The van der Waals surface area contributed by atoms with Crippen LogP contribution in [-0.4, -0.2) is 12.1 Å². The Kier molecular flexibility index (Phi) is 3.81. The molecule has 0 aliphatic heterocycles. The van der Waals surface area contributed by atoms with Gasteiger partial charge in [0.1, 0.15) is 0 Å². The number of hydrogen-bond acceptors (Lipinski definition) is 2. The molecule has 2 nitrogen and oxygen atoms in total. The maximum absolute atomic E-state index is 5.74. The first-order chi connectivity index (χ1) is 5.36. The van der Waals surface area contributed by atoms with Crippen molar-refractivity contribution in [1.29, 1.82) is 0 Å². The van der Waals surface area contributed by atoms with Crippen molar-refractivity contribution < 1.29 is 20.9 Å². The summed E-state index contributed by atoms with van der Waals surface area (Å²) in [6, 6.07) is 3.88. The molecule has 11 heavy (non-hydrogen) atoms. The van der Waals surface area contributed by atoms with Gasteiger partial charge in [0, 0.05) is 0 Å². The molecule has 0 N–H and O–H groups in total. The van der Waals surface area contributed by atoms with Crippen LogP contribution in [0.1, 0.15) is 5.56 Å². The summed E-state index contributed by atoms with van der Waals surface area (Å²) < 4.78 is 4.92. The van der Waals surface area contributed by atoms with E-state index in [4.69, 9.17) is 14.4 Å². The Balaban J connectivity index is 2.66. The van der Waals surface area contributed by atoms with Crippen molar-refractivity contribution in [2.24, 2.45) is 0 Å². The van der Waals surface area contributed by atoms with Crippen LogP contribution in [0.4, 0.5) is 0 Å². The molecule has 0 saturated carbocycles. The number of rotatable bonds is 3. The van der Waals surface area contributed by atoms with Gasteiger partial charge in [0.05, 0.1) is 0 Å². The second-order valence-corrected chi connectivity index (χ2v) is 5.95. The molecule has 0 fully saturated rings. The first kappa shape index (κ1) is 8.96. The predicted molar refractivity (Wildman–Crippen MR) is 40.3 cm³/mol. The van der Waals surface area contributed by atoms with E-state index in [0.717, 1.165) is 5.02 Å². The van der Waals surface area contributed by atoms with Crippen molar-refractivity contribution in [3.05, 3.63) is 23.9 Å². The van der Waals surface area contributed by atoms with Crippen molar-refractivity contribution in [2.45, 2.75) is 5.02 Å². The summed E-state index contributed by atoms with van der Waals surface area (Å²) in [6.45, 7) is 0. The van der Waals surface area contributed by atoms with Crippen LogP contribution in [0.5, 0.6) is 5.88 Å². The van der Waals surface area contributed by atoms with Gasteiger partial charge >= 0.3 is 77.4 Å². The van der Waals surface area contributed by atoms with Gasteiger partial charge in [0.15, 0.2) is 0 Å². The zero-order valence-corrected chi connectivity index (χ0v) is 10.1. The van der Waals surface area contributed by atoms with Crippen molar-refractivity contribution in [3.63, 3.8) is 0 Å². The molecule has 0 amide bonds. The summed E-state index contributed by atoms with van der Waals surface area (Å²) >= 11 is -0.777. The summed E-state index contributed by atoms with van der Waals surface area (Å²) in [5, 5.41) is 1.05. The van der Waals surface area contributed by atoms with Crippen molar-refractivity contribution >= 4 is 9.69 Å². The molecule has 0 bridgehead atoms. The zero-order chi connectivity index (χ0) is 8.10. The number of methoxy groups -OCH3 is 1. The van der Waals surface area contributed by atoms with Gasteiger partial charge in [-0.2, -0.15) is 0 Å². The van der Waals surface area contributed by atoms with Crippen LogP contribution in [0.3, 0.4) is 0 Å². The number of ether oxygens (including phenoxy) is 1. The fraction of sp³-hybridized carbons (Fsp3) is 0.286. The van der Waals surface area contributed by atoms with Gasteiger partial charge in [-0.25, -0.2) is 0 Å². The Morgan fingerprint density at radius 3 is 2.91 bits per heavy atom. The molecule has 0 aromatic carbocycles. The number of nitrogens with zero attached hydrogens (tertiary/aromatic N) is 1. The van der Waals surface area contributed by atoms with E-state index in [0.29, 0.717) is 5.88 Å². The van der Waals surface area contributed by atoms with E-state index in [1.54, 1.807) is 7.11 Å². The maximum atomic E-state index is 5.74. The molecule has 1 aromatic heterocycles. The van der Waals surface area contributed by atoms with E-state index in [1.165, 1.54) is 5.56 Å². The van der Waals surface area contributed by atoms with Crippen molar-refractivity contribution in [3.8, 4) is 5.88 Å². The normalized spacial score (nSPS) is 8.91. The Morgan fingerprint density at radius 1 is 1.64 bits per heavy atom. The average Bonchev–Trinajstić information content (AvgIpc) is 2.07.